The van der Waals surface area contributed by atoms with E-state index in [9.17, 15) is 10.2 Å². The van der Waals surface area contributed by atoms with Gasteiger partial charge in [0.2, 0.25) is 0 Å². The highest BCUT2D eigenvalue weighted by Gasteiger charge is 2.28. The van der Waals surface area contributed by atoms with Crippen LogP contribution in [0.5, 0.6) is 0 Å². The van der Waals surface area contributed by atoms with E-state index in [1.807, 2.05) is 25.1 Å². The van der Waals surface area contributed by atoms with E-state index >= 15 is 0 Å². The van der Waals surface area contributed by atoms with Crippen LogP contribution in [0.4, 0.5) is 5.69 Å². The highest BCUT2D eigenvalue weighted by molar-refractivity contribution is 9.10. The SMILES string of the molecule is CC(O)c1ccc(N2CCCC(C)(O)C2)cc1Br. The van der Waals surface area contributed by atoms with E-state index in [0.29, 0.717) is 6.54 Å². The quantitative estimate of drug-likeness (QED) is 0.882. The fourth-order valence-corrected chi connectivity index (χ4v) is 3.19. The molecule has 2 N–H and O–H groups in total. The van der Waals surface area contributed by atoms with Crippen molar-refractivity contribution in [1.29, 1.82) is 0 Å². The molecule has 0 bridgehead atoms. The summed E-state index contributed by atoms with van der Waals surface area (Å²) in [5.74, 6) is 0. The normalized spacial score (nSPS) is 26.2. The maximum Gasteiger partial charge on any atom is 0.0794 e. The molecule has 0 radical (unpaired) electrons. The van der Waals surface area contributed by atoms with Crippen molar-refractivity contribution in [1.82, 2.24) is 0 Å². The van der Waals surface area contributed by atoms with E-state index in [1.165, 1.54) is 0 Å². The van der Waals surface area contributed by atoms with Crippen LogP contribution in [0.2, 0.25) is 0 Å². The molecular formula is C14H20BrNO2. The fourth-order valence-electron chi connectivity index (χ4n) is 2.49. The van der Waals surface area contributed by atoms with Crippen LogP contribution in [-0.4, -0.2) is 28.9 Å². The van der Waals surface area contributed by atoms with Crippen LogP contribution < -0.4 is 4.90 Å². The van der Waals surface area contributed by atoms with Crippen LogP contribution in [0, 0.1) is 0 Å². The Labute approximate surface area is 117 Å². The van der Waals surface area contributed by atoms with E-state index in [-0.39, 0.29) is 0 Å². The third-order valence-corrected chi connectivity index (χ3v) is 4.16. The number of aliphatic hydroxyl groups is 2. The van der Waals surface area contributed by atoms with Gasteiger partial charge in [-0.05, 0) is 44.4 Å². The second-order valence-electron chi connectivity index (χ2n) is 5.40. The number of halogens is 1. The lowest BCUT2D eigenvalue weighted by molar-refractivity contribution is 0.0449. The Hall–Kier alpha value is -0.580. The molecule has 4 heteroatoms. The van der Waals surface area contributed by atoms with Gasteiger partial charge >= 0.3 is 0 Å². The molecule has 0 aliphatic carbocycles. The summed E-state index contributed by atoms with van der Waals surface area (Å²) in [5.41, 5.74) is 1.38. The molecule has 1 fully saturated rings. The molecule has 1 aromatic rings. The Kier molecular flexibility index (Phi) is 3.99. The summed E-state index contributed by atoms with van der Waals surface area (Å²) in [6.07, 6.45) is 1.39. The largest absolute Gasteiger partial charge is 0.389 e. The molecule has 1 saturated heterocycles. The standard InChI is InChI=1S/C14H20BrNO2/c1-10(17)12-5-4-11(8-13(12)15)16-7-3-6-14(2,18)9-16/h4-5,8,10,17-18H,3,6-7,9H2,1-2H3. The average Bonchev–Trinajstić information content (AvgIpc) is 2.27. The molecule has 1 aliphatic rings. The first-order valence-electron chi connectivity index (χ1n) is 6.34. The number of hydrogen-bond acceptors (Lipinski definition) is 3. The molecule has 0 aromatic heterocycles. The van der Waals surface area contributed by atoms with Gasteiger partial charge in [0, 0.05) is 23.2 Å². The van der Waals surface area contributed by atoms with Crippen molar-refractivity contribution in [3.63, 3.8) is 0 Å². The lowest BCUT2D eigenvalue weighted by Gasteiger charge is -2.38. The Morgan fingerprint density at radius 3 is 2.72 bits per heavy atom. The minimum absolute atomic E-state index is 0.474. The van der Waals surface area contributed by atoms with Gasteiger partial charge < -0.3 is 15.1 Å². The second-order valence-corrected chi connectivity index (χ2v) is 6.26. The van der Waals surface area contributed by atoms with Crippen molar-refractivity contribution in [3.8, 4) is 0 Å². The van der Waals surface area contributed by atoms with Gasteiger partial charge in [0.15, 0.2) is 0 Å². The number of rotatable bonds is 2. The lowest BCUT2D eigenvalue weighted by atomic mass is 9.94. The summed E-state index contributed by atoms with van der Waals surface area (Å²) in [4.78, 5) is 2.19. The highest BCUT2D eigenvalue weighted by Crippen LogP contribution is 2.31. The van der Waals surface area contributed by atoms with Gasteiger partial charge in [-0.2, -0.15) is 0 Å². The first-order chi connectivity index (χ1) is 8.39. The molecule has 0 saturated carbocycles. The van der Waals surface area contributed by atoms with Crippen molar-refractivity contribution in [2.75, 3.05) is 18.0 Å². The zero-order valence-electron chi connectivity index (χ0n) is 10.9. The topological polar surface area (TPSA) is 43.7 Å². The van der Waals surface area contributed by atoms with Gasteiger partial charge in [-0.1, -0.05) is 22.0 Å². The van der Waals surface area contributed by atoms with Crippen LogP contribution in [-0.2, 0) is 0 Å². The zero-order valence-corrected chi connectivity index (χ0v) is 12.4. The van der Waals surface area contributed by atoms with Gasteiger partial charge in [-0.3, -0.25) is 0 Å². The van der Waals surface area contributed by atoms with Gasteiger partial charge in [-0.25, -0.2) is 0 Å². The molecule has 18 heavy (non-hydrogen) atoms. The van der Waals surface area contributed by atoms with Crippen molar-refractivity contribution in [3.05, 3.63) is 28.2 Å². The van der Waals surface area contributed by atoms with Crippen LogP contribution in [0.25, 0.3) is 0 Å². The molecule has 3 nitrogen and oxygen atoms in total. The molecule has 2 rings (SSSR count). The molecule has 1 aromatic carbocycles. The number of nitrogens with zero attached hydrogens (tertiary/aromatic N) is 1. The first-order valence-corrected chi connectivity index (χ1v) is 7.13. The number of aliphatic hydroxyl groups excluding tert-OH is 1. The Balaban J connectivity index is 2.21. The highest BCUT2D eigenvalue weighted by atomic mass is 79.9. The summed E-state index contributed by atoms with van der Waals surface area (Å²) in [7, 11) is 0. The fraction of sp³-hybridized carbons (Fsp3) is 0.571. The summed E-state index contributed by atoms with van der Waals surface area (Å²) in [6.45, 7) is 5.27. The third kappa shape index (κ3) is 3.05. The smallest absolute Gasteiger partial charge is 0.0794 e. The minimum Gasteiger partial charge on any atom is -0.389 e. The maximum absolute atomic E-state index is 10.1. The van der Waals surface area contributed by atoms with E-state index in [1.54, 1.807) is 6.92 Å². The summed E-state index contributed by atoms with van der Waals surface area (Å²) >= 11 is 3.49. The molecular weight excluding hydrogens is 294 g/mol. The van der Waals surface area contributed by atoms with Gasteiger partial charge in [-0.15, -0.1) is 0 Å². The van der Waals surface area contributed by atoms with Crippen LogP contribution in [0.15, 0.2) is 22.7 Å². The summed E-state index contributed by atoms with van der Waals surface area (Å²) in [6, 6.07) is 5.96. The average molecular weight is 314 g/mol. The number of piperidine rings is 1. The Bertz CT molecular complexity index is 432. The van der Waals surface area contributed by atoms with Crippen molar-refractivity contribution in [2.45, 2.75) is 38.4 Å². The monoisotopic (exact) mass is 313 g/mol. The van der Waals surface area contributed by atoms with E-state index in [2.05, 4.69) is 20.8 Å². The zero-order chi connectivity index (χ0) is 13.3. The van der Waals surface area contributed by atoms with Gasteiger partial charge in [0.1, 0.15) is 0 Å². The first kappa shape index (κ1) is 13.8. The van der Waals surface area contributed by atoms with Crippen LogP contribution in [0.3, 0.4) is 0 Å². The number of anilines is 1. The van der Waals surface area contributed by atoms with Crippen LogP contribution >= 0.6 is 15.9 Å². The number of benzene rings is 1. The maximum atomic E-state index is 10.1. The summed E-state index contributed by atoms with van der Waals surface area (Å²) in [5, 5.41) is 19.7. The predicted octanol–water partition coefficient (Wildman–Crippen LogP) is 2.85. The molecule has 100 valence electrons. The lowest BCUT2D eigenvalue weighted by Crippen LogP contribution is -2.46. The van der Waals surface area contributed by atoms with Crippen molar-refractivity contribution < 1.29 is 10.2 Å². The molecule has 2 atom stereocenters. The minimum atomic E-state index is -0.604. The molecule has 1 heterocycles. The van der Waals surface area contributed by atoms with E-state index < -0.39 is 11.7 Å². The Morgan fingerprint density at radius 2 is 2.17 bits per heavy atom. The van der Waals surface area contributed by atoms with Gasteiger partial charge in [0.05, 0.1) is 11.7 Å². The molecule has 2 unspecified atom stereocenters. The summed E-state index contributed by atoms with van der Waals surface area (Å²) < 4.78 is 0.917. The van der Waals surface area contributed by atoms with Crippen molar-refractivity contribution in [2.24, 2.45) is 0 Å². The second kappa shape index (κ2) is 5.19. The molecule has 1 aliphatic heterocycles. The van der Waals surface area contributed by atoms with Gasteiger partial charge in [0.25, 0.3) is 0 Å². The van der Waals surface area contributed by atoms with E-state index in [4.69, 9.17) is 0 Å². The Morgan fingerprint density at radius 1 is 1.44 bits per heavy atom. The molecule has 0 spiro atoms. The predicted molar refractivity (Wildman–Crippen MR) is 76.8 cm³/mol. The third-order valence-electron chi connectivity index (χ3n) is 3.47. The molecule has 0 amide bonds. The van der Waals surface area contributed by atoms with Crippen molar-refractivity contribution >= 4 is 21.6 Å². The van der Waals surface area contributed by atoms with Crippen LogP contribution in [0.1, 0.15) is 38.4 Å². The number of β-amino-alcohol motifs (C(OH)–C–C–N with tert-alkyl or cyclic N) is 1. The van der Waals surface area contributed by atoms with E-state index in [0.717, 1.165) is 35.1 Å². The number of hydrogen-bond donors (Lipinski definition) is 2.